The van der Waals surface area contributed by atoms with Gasteiger partial charge in [-0.05, 0) is 33.8 Å². The predicted molar refractivity (Wildman–Crippen MR) is 103 cm³/mol. The Hall–Kier alpha value is -2.42. The molecule has 1 aromatic rings. The topological polar surface area (TPSA) is 92.7 Å². The lowest BCUT2D eigenvalue weighted by molar-refractivity contribution is 0.0240. The maximum absolute atomic E-state index is 12.3. The second kappa shape index (κ2) is 8.08. The van der Waals surface area contributed by atoms with Gasteiger partial charge in [-0.2, -0.15) is 0 Å². The molecule has 0 N–H and O–H groups in total. The first-order chi connectivity index (χ1) is 12.5. The van der Waals surface area contributed by atoms with E-state index in [4.69, 9.17) is 4.74 Å². The Morgan fingerprint density at radius 2 is 1.74 bits per heavy atom. The van der Waals surface area contributed by atoms with Crippen LogP contribution >= 0.6 is 0 Å². The zero-order valence-electron chi connectivity index (χ0n) is 16.2. The highest BCUT2D eigenvalue weighted by atomic mass is 32.2. The van der Waals surface area contributed by atoms with E-state index in [0.717, 1.165) is 0 Å². The summed E-state index contributed by atoms with van der Waals surface area (Å²) in [5, 5.41) is 0. The van der Waals surface area contributed by atoms with Crippen LogP contribution in [0, 0.1) is 0 Å². The number of carbonyl (C=O) groups is 1. The Kier molecular flexibility index (Phi) is 6.25. The molecule has 8 nitrogen and oxygen atoms in total. The largest absolute Gasteiger partial charge is 0.444 e. The Morgan fingerprint density at radius 1 is 1.19 bits per heavy atom. The molecule has 1 amide bonds. The Labute approximate surface area is 160 Å². The van der Waals surface area contributed by atoms with E-state index in [1.807, 2.05) is 25.7 Å². The van der Waals surface area contributed by atoms with Gasteiger partial charge in [0.15, 0.2) is 0 Å². The van der Waals surface area contributed by atoms with Gasteiger partial charge in [0, 0.05) is 26.2 Å². The molecule has 1 saturated heterocycles. The van der Waals surface area contributed by atoms with E-state index in [1.54, 1.807) is 17.9 Å². The molecule has 1 aromatic heterocycles. The maximum Gasteiger partial charge on any atom is 0.410 e. The van der Waals surface area contributed by atoms with Gasteiger partial charge in [-0.15, -0.1) is 0 Å². The first-order valence-electron chi connectivity index (χ1n) is 8.66. The molecule has 0 bridgehead atoms. The molecule has 1 aliphatic rings. The molecule has 0 unspecified atom stereocenters. The fourth-order valence-corrected chi connectivity index (χ4v) is 3.45. The average molecular weight is 394 g/mol. The number of hydrogen-bond donors (Lipinski definition) is 0. The summed E-state index contributed by atoms with van der Waals surface area (Å²) in [6.07, 6.45) is 5.27. The molecule has 27 heavy (non-hydrogen) atoms. The monoisotopic (exact) mass is 394 g/mol. The fourth-order valence-electron chi connectivity index (χ4n) is 2.45. The van der Waals surface area contributed by atoms with Crippen molar-refractivity contribution in [1.82, 2.24) is 14.9 Å². The van der Waals surface area contributed by atoms with Crippen molar-refractivity contribution in [2.75, 3.05) is 31.1 Å². The number of aromatic nitrogens is 2. The summed E-state index contributed by atoms with van der Waals surface area (Å²) in [7, 11) is -3.68. The number of anilines is 1. The first-order valence-corrected chi connectivity index (χ1v) is 10.1. The van der Waals surface area contributed by atoms with Crippen LogP contribution in [-0.4, -0.2) is 61.2 Å². The molecule has 148 valence electrons. The number of nitrogens with zero attached hydrogens (tertiary/aromatic N) is 4. The summed E-state index contributed by atoms with van der Waals surface area (Å²) in [6.45, 7) is 12.8. The summed E-state index contributed by atoms with van der Waals surface area (Å²) < 4.78 is 30.0. The molecule has 0 aromatic carbocycles. The van der Waals surface area contributed by atoms with Gasteiger partial charge in [0.05, 0.1) is 17.3 Å². The van der Waals surface area contributed by atoms with Crippen LogP contribution < -0.4 is 4.90 Å². The van der Waals surface area contributed by atoms with E-state index in [0.29, 0.717) is 32.1 Å². The van der Waals surface area contributed by atoms with Gasteiger partial charge in [0.25, 0.3) is 0 Å². The quantitative estimate of drug-likeness (QED) is 0.724. The number of ether oxygens (including phenoxy) is 1. The number of piperazine rings is 1. The van der Waals surface area contributed by atoms with Crippen LogP contribution in [0.5, 0.6) is 0 Å². The van der Waals surface area contributed by atoms with Crippen molar-refractivity contribution in [3.8, 4) is 0 Å². The van der Waals surface area contributed by atoms with Crippen molar-refractivity contribution in [3.05, 3.63) is 36.0 Å². The molecule has 0 atom stereocenters. The molecule has 1 aliphatic heterocycles. The Bertz CT molecular complexity index is 818. The van der Waals surface area contributed by atoms with Gasteiger partial charge in [-0.1, -0.05) is 12.7 Å². The van der Waals surface area contributed by atoms with Crippen molar-refractivity contribution < 1.29 is 17.9 Å². The lowest BCUT2D eigenvalue weighted by Crippen LogP contribution is -2.50. The molecule has 2 rings (SSSR count). The summed E-state index contributed by atoms with van der Waals surface area (Å²) in [6, 6.07) is 0. The highest BCUT2D eigenvalue weighted by molar-refractivity contribution is 7.95. The average Bonchev–Trinajstić information content (AvgIpc) is 2.61. The lowest BCUT2D eigenvalue weighted by Gasteiger charge is -2.35. The van der Waals surface area contributed by atoms with Crippen LogP contribution in [0.25, 0.3) is 0 Å². The second-order valence-electron chi connectivity index (χ2n) is 7.14. The van der Waals surface area contributed by atoms with Crippen molar-refractivity contribution in [3.63, 3.8) is 0 Å². The van der Waals surface area contributed by atoms with E-state index in [-0.39, 0.29) is 15.9 Å². The van der Waals surface area contributed by atoms with Crippen LogP contribution in [-0.2, 0) is 14.6 Å². The van der Waals surface area contributed by atoms with Gasteiger partial charge < -0.3 is 14.5 Å². The molecular formula is C18H26N4O4S. The third-order valence-electron chi connectivity index (χ3n) is 3.84. The zero-order chi connectivity index (χ0) is 20.2. The van der Waals surface area contributed by atoms with E-state index in [9.17, 15) is 13.2 Å². The smallest absolute Gasteiger partial charge is 0.410 e. The first kappa shape index (κ1) is 20.9. The molecule has 2 heterocycles. The van der Waals surface area contributed by atoms with Gasteiger partial charge in [-0.25, -0.2) is 23.2 Å². The lowest BCUT2D eigenvalue weighted by atomic mass is 10.2. The highest BCUT2D eigenvalue weighted by Gasteiger charge is 2.27. The number of rotatable bonds is 4. The third-order valence-corrected chi connectivity index (χ3v) is 5.49. The van der Waals surface area contributed by atoms with Crippen LogP contribution in [0.1, 0.15) is 27.7 Å². The predicted octanol–water partition coefficient (Wildman–Crippen LogP) is 2.40. The molecule has 9 heteroatoms. The van der Waals surface area contributed by atoms with Crippen molar-refractivity contribution in [2.24, 2.45) is 0 Å². The summed E-state index contributed by atoms with van der Waals surface area (Å²) in [4.78, 5) is 24.0. The summed E-state index contributed by atoms with van der Waals surface area (Å²) in [5.74, 6) is 0.425. The minimum atomic E-state index is -3.68. The van der Waals surface area contributed by atoms with Gasteiger partial charge in [0.1, 0.15) is 10.5 Å². The maximum atomic E-state index is 12.3. The molecular weight excluding hydrogens is 368 g/mol. The number of carbonyl (C=O) groups excluding carboxylic acids is 1. The van der Waals surface area contributed by atoms with Crippen LogP contribution in [0.3, 0.4) is 0 Å². The number of hydrogen-bond acceptors (Lipinski definition) is 7. The minimum Gasteiger partial charge on any atom is -0.444 e. The van der Waals surface area contributed by atoms with Crippen molar-refractivity contribution >= 4 is 21.9 Å². The number of sulfone groups is 1. The van der Waals surface area contributed by atoms with Gasteiger partial charge >= 0.3 is 6.09 Å². The molecule has 0 spiro atoms. The fraction of sp³-hybridized carbons (Fsp3) is 0.500. The van der Waals surface area contributed by atoms with Crippen LogP contribution in [0.4, 0.5) is 10.7 Å². The van der Waals surface area contributed by atoms with Crippen molar-refractivity contribution in [2.45, 2.75) is 38.2 Å². The SMILES string of the molecule is C=C(/C=C\C)S(=O)(=O)c1cnc(N2CCN(C(=O)OC(C)(C)C)CC2)nc1. The molecule has 1 fully saturated rings. The third kappa shape index (κ3) is 5.29. The van der Waals surface area contributed by atoms with Crippen LogP contribution in [0.2, 0.25) is 0 Å². The second-order valence-corrected chi connectivity index (χ2v) is 9.15. The van der Waals surface area contributed by atoms with Crippen molar-refractivity contribution in [1.29, 1.82) is 0 Å². The van der Waals surface area contributed by atoms with Gasteiger partial charge in [0.2, 0.25) is 15.8 Å². The van der Waals surface area contributed by atoms with E-state index < -0.39 is 15.4 Å². The number of amides is 1. The van der Waals surface area contributed by atoms with E-state index in [2.05, 4.69) is 16.5 Å². The minimum absolute atomic E-state index is 0.00161. The molecule has 0 radical (unpaired) electrons. The van der Waals surface area contributed by atoms with E-state index in [1.165, 1.54) is 18.5 Å². The number of allylic oxidation sites excluding steroid dienone is 2. The Balaban J connectivity index is 2.01. The highest BCUT2D eigenvalue weighted by Crippen LogP contribution is 2.20. The van der Waals surface area contributed by atoms with E-state index >= 15 is 0 Å². The standard InChI is InChI=1S/C18H26N4O4S/c1-6-7-14(2)27(24,25)15-12-19-16(20-13-15)21-8-10-22(11-9-21)17(23)26-18(3,4)5/h6-7,12-13H,2,8-11H2,1,3-5H3/b7-6-. The molecule has 0 aliphatic carbocycles. The zero-order valence-corrected chi connectivity index (χ0v) is 17.0. The molecule has 0 saturated carbocycles. The summed E-state index contributed by atoms with van der Waals surface area (Å²) >= 11 is 0. The Morgan fingerprint density at radius 3 is 2.22 bits per heavy atom. The van der Waals surface area contributed by atoms with Gasteiger partial charge in [-0.3, -0.25) is 0 Å². The normalized spacial score (nSPS) is 15.9. The summed E-state index contributed by atoms with van der Waals surface area (Å²) in [5.41, 5.74) is -0.532. The van der Waals surface area contributed by atoms with Crippen LogP contribution in [0.15, 0.2) is 40.9 Å².